The smallest absolute Gasteiger partial charge is 0.306 e. The van der Waals surface area contributed by atoms with Gasteiger partial charge in [-0.2, -0.15) is 0 Å². The quantitative estimate of drug-likeness (QED) is 0.0261. The Balaban J connectivity index is 4.40. The minimum absolute atomic E-state index is 0.101. The van der Waals surface area contributed by atoms with Crippen molar-refractivity contribution in [3.8, 4) is 0 Å². The predicted octanol–water partition coefficient (Wildman–Crippen LogP) is 20.3. The molecule has 6 heteroatoms. The van der Waals surface area contributed by atoms with Crippen molar-refractivity contribution < 1.29 is 28.6 Å². The fourth-order valence-electron chi connectivity index (χ4n) is 8.36. The van der Waals surface area contributed by atoms with Crippen LogP contribution in [0.5, 0.6) is 0 Å². The summed E-state index contributed by atoms with van der Waals surface area (Å²) in [5.41, 5.74) is 0. The van der Waals surface area contributed by atoms with Crippen LogP contribution in [0.25, 0.3) is 0 Å². The monoisotopic (exact) mass is 989 g/mol. The van der Waals surface area contributed by atoms with Gasteiger partial charge < -0.3 is 14.2 Å². The van der Waals surface area contributed by atoms with Crippen LogP contribution in [0.15, 0.2) is 85.1 Å². The molecule has 0 aliphatic heterocycles. The molecule has 0 saturated carbocycles. The molecule has 0 fully saturated rings. The maximum Gasteiger partial charge on any atom is 0.306 e. The van der Waals surface area contributed by atoms with E-state index in [1.807, 2.05) is 6.08 Å². The second-order valence-electron chi connectivity index (χ2n) is 19.9. The zero-order chi connectivity index (χ0) is 51.4. The van der Waals surface area contributed by atoms with Crippen LogP contribution < -0.4 is 0 Å². The molecule has 0 rings (SSSR count). The van der Waals surface area contributed by atoms with Gasteiger partial charge in [0.05, 0.1) is 0 Å². The summed E-state index contributed by atoms with van der Waals surface area (Å²) in [4.78, 5) is 38.2. The first kappa shape index (κ1) is 67.6. The fourth-order valence-corrected chi connectivity index (χ4v) is 8.36. The first-order valence-electron chi connectivity index (χ1n) is 30.1. The molecule has 408 valence electrons. The number of carbonyl (C=O) groups is 3. The van der Waals surface area contributed by atoms with Crippen LogP contribution >= 0.6 is 0 Å². The third-order valence-electron chi connectivity index (χ3n) is 12.9. The summed E-state index contributed by atoms with van der Waals surface area (Å²) in [6, 6.07) is 0. The van der Waals surface area contributed by atoms with E-state index < -0.39 is 6.10 Å². The highest BCUT2D eigenvalue weighted by Crippen LogP contribution is 2.15. The number of unbranched alkanes of at least 4 members (excludes halogenated alkanes) is 29. The molecule has 0 bridgehead atoms. The lowest BCUT2D eigenvalue weighted by Gasteiger charge is -2.18. The fraction of sp³-hybridized carbons (Fsp3) is 0.738. The number of esters is 3. The molecule has 1 atom stereocenters. The molecule has 0 N–H and O–H groups in total. The molecule has 71 heavy (non-hydrogen) atoms. The van der Waals surface area contributed by atoms with Gasteiger partial charge in [-0.05, 0) is 103 Å². The van der Waals surface area contributed by atoms with Crippen LogP contribution in [0, 0.1) is 0 Å². The molecular formula is C65H112O6. The number of carbonyl (C=O) groups excluding carboxylic acids is 3. The van der Waals surface area contributed by atoms with Crippen molar-refractivity contribution in [3.63, 3.8) is 0 Å². The Hall–Kier alpha value is -3.41. The number of rotatable bonds is 54. The van der Waals surface area contributed by atoms with Crippen LogP contribution in [0.4, 0.5) is 0 Å². The van der Waals surface area contributed by atoms with Gasteiger partial charge in [0.2, 0.25) is 0 Å². The van der Waals surface area contributed by atoms with Crippen LogP contribution in [-0.4, -0.2) is 37.2 Å². The van der Waals surface area contributed by atoms with E-state index in [1.165, 1.54) is 173 Å². The van der Waals surface area contributed by atoms with Gasteiger partial charge in [-0.15, -0.1) is 0 Å². The van der Waals surface area contributed by atoms with E-state index in [0.29, 0.717) is 19.3 Å². The number of allylic oxidation sites excluding steroid dienone is 14. The van der Waals surface area contributed by atoms with Crippen LogP contribution in [0.1, 0.15) is 290 Å². The maximum absolute atomic E-state index is 12.9. The van der Waals surface area contributed by atoms with Crippen LogP contribution in [0.3, 0.4) is 0 Å². The average molecular weight is 990 g/mol. The van der Waals surface area contributed by atoms with Crippen LogP contribution in [0.2, 0.25) is 0 Å². The lowest BCUT2D eigenvalue weighted by atomic mass is 10.1. The summed E-state index contributed by atoms with van der Waals surface area (Å²) >= 11 is 0. The van der Waals surface area contributed by atoms with Crippen molar-refractivity contribution in [1.29, 1.82) is 0 Å². The van der Waals surface area contributed by atoms with Crippen molar-refractivity contribution >= 4 is 17.9 Å². The van der Waals surface area contributed by atoms with E-state index in [0.717, 1.165) is 70.6 Å². The minimum atomic E-state index is -0.809. The summed E-state index contributed by atoms with van der Waals surface area (Å²) in [5.74, 6) is -0.984. The highest BCUT2D eigenvalue weighted by Gasteiger charge is 2.19. The minimum Gasteiger partial charge on any atom is -0.462 e. The molecule has 0 amide bonds. The summed E-state index contributed by atoms with van der Waals surface area (Å²) in [6.07, 6.45) is 77.4. The van der Waals surface area contributed by atoms with Crippen molar-refractivity contribution in [3.05, 3.63) is 85.1 Å². The van der Waals surface area contributed by atoms with E-state index in [2.05, 4.69) is 99.8 Å². The SMILES string of the molecule is CC/C=C\C/C=C\C/C=C\C/C=C\CCC(=O)OCC(COC(=O)CCCCCCCCCCC/C=C\C/C=C\CCCCCCC)OC(=O)CCCCCCCCCCC/C=C\CCCCCCCC. The second kappa shape index (κ2) is 59.2. The Morgan fingerprint density at radius 3 is 0.958 bits per heavy atom. The lowest BCUT2D eigenvalue weighted by molar-refractivity contribution is -0.166. The Kier molecular flexibility index (Phi) is 56.3. The Morgan fingerprint density at radius 2 is 0.577 bits per heavy atom. The van der Waals surface area contributed by atoms with Gasteiger partial charge in [0.25, 0.3) is 0 Å². The summed E-state index contributed by atoms with van der Waals surface area (Å²) in [5, 5.41) is 0. The van der Waals surface area contributed by atoms with Crippen molar-refractivity contribution in [2.75, 3.05) is 13.2 Å². The molecule has 1 unspecified atom stereocenters. The topological polar surface area (TPSA) is 78.9 Å². The zero-order valence-electron chi connectivity index (χ0n) is 46.7. The molecule has 0 aromatic rings. The largest absolute Gasteiger partial charge is 0.462 e. The molecule has 0 saturated heterocycles. The third-order valence-corrected chi connectivity index (χ3v) is 12.9. The van der Waals surface area contributed by atoms with Gasteiger partial charge in [-0.1, -0.05) is 254 Å². The van der Waals surface area contributed by atoms with Gasteiger partial charge in [-0.25, -0.2) is 0 Å². The standard InChI is InChI=1S/C65H112O6/c1-4-7-10-13-16-19-22-25-27-29-31-32-34-35-37-40-43-46-49-52-55-58-64(67)70-61-62(60-69-63(66)57-54-51-48-45-42-39-24-21-18-15-12-9-6-3)71-65(68)59-56-53-50-47-44-41-38-36-33-30-28-26-23-20-17-14-11-8-5-2/h9,12,18,21-22,25-26,28-29,31,39,42,48,51,62H,4-8,10-11,13-17,19-20,23-24,27,30,32-38,40-41,43-47,49-50,52-61H2,1-3H3/b12-9-,21-18-,25-22-,28-26-,31-29-,42-39-,51-48-. The van der Waals surface area contributed by atoms with Gasteiger partial charge in [0.1, 0.15) is 13.2 Å². The Bertz CT molecular complexity index is 1370. The summed E-state index contributed by atoms with van der Waals surface area (Å²) < 4.78 is 16.8. The highest BCUT2D eigenvalue weighted by molar-refractivity contribution is 5.71. The molecular weight excluding hydrogens is 877 g/mol. The molecule has 6 nitrogen and oxygen atoms in total. The maximum atomic E-state index is 12.9. The van der Waals surface area contributed by atoms with Crippen molar-refractivity contribution in [1.82, 2.24) is 0 Å². The van der Waals surface area contributed by atoms with E-state index in [-0.39, 0.29) is 37.5 Å². The Labute approximate surface area is 439 Å². The molecule has 0 aromatic heterocycles. The van der Waals surface area contributed by atoms with E-state index in [1.54, 1.807) is 0 Å². The van der Waals surface area contributed by atoms with E-state index >= 15 is 0 Å². The lowest BCUT2D eigenvalue weighted by Crippen LogP contribution is -2.30. The Morgan fingerprint density at radius 1 is 0.296 bits per heavy atom. The molecule has 0 aliphatic carbocycles. The average Bonchev–Trinajstić information content (AvgIpc) is 3.37. The van der Waals surface area contributed by atoms with E-state index in [4.69, 9.17) is 14.2 Å². The van der Waals surface area contributed by atoms with Gasteiger partial charge in [0, 0.05) is 19.3 Å². The molecule has 0 spiro atoms. The van der Waals surface area contributed by atoms with Gasteiger partial charge in [-0.3, -0.25) is 14.4 Å². The first-order chi connectivity index (χ1) is 35.0. The highest BCUT2D eigenvalue weighted by atomic mass is 16.6. The number of hydrogen-bond donors (Lipinski definition) is 0. The third kappa shape index (κ3) is 57.4. The van der Waals surface area contributed by atoms with Crippen molar-refractivity contribution in [2.45, 2.75) is 297 Å². The zero-order valence-corrected chi connectivity index (χ0v) is 46.7. The first-order valence-corrected chi connectivity index (χ1v) is 30.1. The molecule has 0 aliphatic rings. The summed E-state index contributed by atoms with van der Waals surface area (Å²) in [6.45, 7) is 6.46. The van der Waals surface area contributed by atoms with Crippen molar-refractivity contribution in [2.24, 2.45) is 0 Å². The predicted molar refractivity (Wildman–Crippen MR) is 307 cm³/mol. The second-order valence-corrected chi connectivity index (χ2v) is 19.9. The van der Waals surface area contributed by atoms with Gasteiger partial charge >= 0.3 is 17.9 Å². The van der Waals surface area contributed by atoms with Gasteiger partial charge in [0.15, 0.2) is 6.10 Å². The van der Waals surface area contributed by atoms with Crippen LogP contribution in [-0.2, 0) is 28.6 Å². The molecule has 0 radical (unpaired) electrons. The number of hydrogen-bond acceptors (Lipinski definition) is 6. The normalized spacial score (nSPS) is 12.7. The number of ether oxygens (including phenoxy) is 3. The molecule has 0 heterocycles. The van der Waals surface area contributed by atoms with E-state index in [9.17, 15) is 14.4 Å². The molecule has 0 aromatic carbocycles. The summed E-state index contributed by atoms with van der Waals surface area (Å²) in [7, 11) is 0.